The maximum atomic E-state index is 12.7. The Bertz CT molecular complexity index is 768. The van der Waals surface area contributed by atoms with Crippen molar-refractivity contribution in [1.29, 1.82) is 0 Å². The third kappa shape index (κ3) is 8.48. The molecule has 0 unspecified atom stereocenters. The van der Waals surface area contributed by atoms with Crippen LogP contribution in [0.3, 0.4) is 0 Å². The highest BCUT2D eigenvalue weighted by Gasteiger charge is 2.27. The van der Waals surface area contributed by atoms with Gasteiger partial charge in [-0.2, -0.15) is 0 Å². The summed E-state index contributed by atoms with van der Waals surface area (Å²) in [6.07, 6.45) is 1.21. The highest BCUT2D eigenvalue weighted by molar-refractivity contribution is 5.79. The number of carbonyl (C=O) groups excluding carboxylic acids is 2. The van der Waals surface area contributed by atoms with Crippen molar-refractivity contribution in [1.82, 2.24) is 5.32 Å². The topological polar surface area (TPSA) is 64.6 Å². The molecule has 0 aliphatic carbocycles. The molecule has 0 amide bonds. The molecular formula is C24H31NO4. The molecule has 0 radical (unpaired) electrons. The van der Waals surface area contributed by atoms with E-state index in [1.807, 2.05) is 81.4 Å². The zero-order valence-electron chi connectivity index (χ0n) is 17.7. The highest BCUT2D eigenvalue weighted by atomic mass is 16.6. The van der Waals surface area contributed by atoms with Crippen LogP contribution >= 0.6 is 0 Å². The molecule has 0 saturated carbocycles. The van der Waals surface area contributed by atoms with Crippen LogP contribution in [0.4, 0.5) is 0 Å². The van der Waals surface area contributed by atoms with Gasteiger partial charge in [0.2, 0.25) is 0 Å². The van der Waals surface area contributed by atoms with Gasteiger partial charge in [-0.3, -0.25) is 14.9 Å². The quantitative estimate of drug-likeness (QED) is 0.647. The minimum absolute atomic E-state index is 0.198. The first kappa shape index (κ1) is 22.6. The van der Waals surface area contributed by atoms with Crippen LogP contribution in [0.1, 0.15) is 45.2 Å². The van der Waals surface area contributed by atoms with E-state index in [1.54, 1.807) is 6.92 Å². The fourth-order valence-electron chi connectivity index (χ4n) is 2.81. The molecule has 0 spiro atoms. The van der Waals surface area contributed by atoms with E-state index >= 15 is 0 Å². The molecule has 156 valence electrons. The van der Waals surface area contributed by atoms with E-state index < -0.39 is 23.7 Å². The lowest BCUT2D eigenvalue weighted by atomic mass is 10.0. The van der Waals surface area contributed by atoms with Gasteiger partial charge in [0, 0.05) is 0 Å². The van der Waals surface area contributed by atoms with Gasteiger partial charge in [-0.05, 0) is 51.7 Å². The molecule has 0 aromatic heterocycles. The van der Waals surface area contributed by atoms with Crippen molar-refractivity contribution < 1.29 is 19.1 Å². The Morgan fingerprint density at radius 1 is 0.897 bits per heavy atom. The van der Waals surface area contributed by atoms with Gasteiger partial charge in [0.1, 0.15) is 24.3 Å². The number of nitrogens with one attached hydrogen (secondary N) is 1. The largest absolute Gasteiger partial charge is 0.460 e. The van der Waals surface area contributed by atoms with Crippen molar-refractivity contribution in [2.24, 2.45) is 0 Å². The summed E-state index contributed by atoms with van der Waals surface area (Å²) < 4.78 is 10.9. The third-order valence-electron chi connectivity index (χ3n) is 4.28. The zero-order chi connectivity index (χ0) is 21.3. The van der Waals surface area contributed by atoms with Crippen LogP contribution in [0, 0.1) is 0 Å². The van der Waals surface area contributed by atoms with Gasteiger partial charge in [-0.15, -0.1) is 0 Å². The fourth-order valence-corrected chi connectivity index (χ4v) is 2.81. The molecule has 2 rings (SSSR count). The van der Waals surface area contributed by atoms with Gasteiger partial charge in [-0.1, -0.05) is 60.7 Å². The van der Waals surface area contributed by atoms with Gasteiger partial charge >= 0.3 is 11.9 Å². The number of benzene rings is 2. The molecule has 2 atom stereocenters. The summed E-state index contributed by atoms with van der Waals surface area (Å²) in [7, 11) is 0. The average molecular weight is 398 g/mol. The zero-order valence-corrected chi connectivity index (χ0v) is 17.7. The Balaban J connectivity index is 2.01. The maximum Gasteiger partial charge on any atom is 0.323 e. The predicted molar refractivity (Wildman–Crippen MR) is 113 cm³/mol. The first-order valence-electron chi connectivity index (χ1n) is 9.98. The van der Waals surface area contributed by atoms with Gasteiger partial charge in [-0.25, -0.2) is 0 Å². The second kappa shape index (κ2) is 10.8. The van der Waals surface area contributed by atoms with Crippen LogP contribution in [0.15, 0.2) is 60.7 Å². The van der Waals surface area contributed by atoms with Crippen molar-refractivity contribution in [2.45, 2.75) is 64.8 Å². The predicted octanol–water partition coefficient (Wildman–Crippen LogP) is 4.05. The molecule has 0 fully saturated rings. The van der Waals surface area contributed by atoms with Crippen molar-refractivity contribution in [3.63, 3.8) is 0 Å². The molecule has 5 nitrogen and oxygen atoms in total. The number of aryl methyl sites for hydroxylation is 1. The first-order chi connectivity index (χ1) is 13.7. The smallest absolute Gasteiger partial charge is 0.323 e. The summed E-state index contributed by atoms with van der Waals surface area (Å²) in [5.74, 6) is -0.765. The summed E-state index contributed by atoms with van der Waals surface area (Å²) in [6, 6.07) is 18.2. The first-order valence-corrected chi connectivity index (χ1v) is 9.98. The van der Waals surface area contributed by atoms with E-state index in [-0.39, 0.29) is 12.6 Å². The van der Waals surface area contributed by atoms with Gasteiger partial charge in [0.25, 0.3) is 0 Å². The van der Waals surface area contributed by atoms with Crippen LogP contribution in [-0.4, -0.2) is 29.6 Å². The third-order valence-corrected chi connectivity index (χ3v) is 4.28. The lowest BCUT2D eigenvalue weighted by Gasteiger charge is -2.25. The Hall–Kier alpha value is -2.66. The van der Waals surface area contributed by atoms with E-state index in [0.29, 0.717) is 12.8 Å². The average Bonchev–Trinajstić information content (AvgIpc) is 2.69. The van der Waals surface area contributed by atoms with Crippen LogP contribution in [0.5, 0.6) is 0 Å². The molecule has 1 N–H and O–H groups in total. The Labute approximate surface area is 173 Å². The van der Waals surface area contributed by atoms with Crippen LogP contribution < -0.4 is 5.32 Å². The van der Waals surface area contributed by atoms with E-state index in [4.69, 9.17) is 9.47 Å². The van der Waals surface area contributed by atoms with Crippen LogP contribution in [0.25, 0.3) is 0 Å². The fraction of sp³-hybridized carbons (Fsp3) is 0.417. The van der Waals surface area contributed by atoms with Crippen molar-refractivity contribution in [3.8, 4) is 0 Å². The molecular weight excluding hydrogens is 366 g/mol. The van der Waals surface area contributed by atoms with Crippen molar-refractivity contribution in [3.05, 3.63) is 71.8 Å². The normalized spacial score (nSPS) is 13.4. The summed E-state index contributed by atoms with van der Waals surface area (Å²) in [4.78, 5) is 25.1. The molecule has 0 saturated heterocycles. The molecule has 0 aliphatic rings. The lowest BCUT2D eigenvalue weighted by Crippen LogP contribution is -2.48. The van der Waals surface area contributed by atoms with E-state index in [0.717, 1.165) is 11.1 Å². The van der Waals surface area contributed by atoms with Crippen LogP contribution in [0.2, 0.25) is 0 Å². The molecule has 2 aromatic rings. The second-order valence-corrected chi connectivity index (χ2v) is 8.09. The van der Waals surface area contributed by atoms with Crippen molar-refractivity contribution >= 4 is 11.9 Å². The summed E-state index contributed by atoms with van der Waals surface area (Å²) in [5.41, 5.74) is 1.46. The van der Waals surface area contributed by atoms with Gasteiger partial charge in [0.15, 0.2) is 0 Å². The lowest BCUT2D eigenvalue weighted by molar-refractivity contribution is -0.158. The Morgan fingerprint density at radius 3 is 2.00 bits per heavy atom. The second-order valence-electron chi connectivity index (χ2n) is 8.09. The summed E-state index contributed by atoms with van der Waals surface area (Å²) >= 11 is 0. The Kier molecular flexibility index (Phi) is 8.40. The molecule has 0 heterocycles. The van der Waals surface area contributed by atoms with E-state index in [1.165, 1.54) is 0 Å². The van der Waals surface area contributed by atoms with Crippen LogP contribution in [-0.2, 0) is 32.1 Å². The van der Waals surface area contributed by atoms with Crippen molar-refractivity contribution in [2.75, 3.05) is 0 Å². The SMILES string of the molecule is C[C@@H](N[C@@H](CCc1ccccc1)C(=O)OCc1ccccc1)C(=O)OC(C)(C)C. The number of rotatable bonds is 9. The summed E-state index contributed by atoms with van der Waals surface area (Å²) in [5, 5.41) is 3.10. The van der Waals surface area contributed by atoms with E-state index in [9.17, 15) is 9.59 Å². The molecule has 5 heteroatoms. The monoisotopic (exact) mass is 397 g/mol. The maximum absolute atomic E-state index is 12.7. The van der Waals surface area contributed by atoms with E-state index in [2.05, 4.69) is 5.32 Å². The molecule has 0 aliphatic heterocycles. The number of carbonyl (C=O) groups is 2. The Morgan fingerprint density at radius 2 is 1.45 bits per heavy atom. The number of hydrogen-bond acceptors (Lipinski definition) is 5. The minimum atomic E-state index is -0.626. The summed E-state index contributed by atoms with van der Waals surface area (Å²) in [6.45, 7) is 7.36. The van der Waals surface area contributed by atoms with Gasteiger partial charge in [0.05, 0.1) is 0 Å². The van der Waals surface area contributed by atoms with Gasteiger partial charge < -0.3 is 9.47 Å². The standard InChI is InChI=1S/C24H31NO4/c1-18(22(26)29-24(2,3)4)25-21(16-15-19-11-7-5-8-12-19)23(27)28-17-20-13-9-6-10-14-20/h5-14,18,21,25H,15-17H2,1-4H3/t18-,21+/m1/s1. The minimum Gasteiger partial charge on any atom is -0.460 e. The molecule has 0 bridgehead atoms. The number of esters is 2. The molecule has 2 aromatic carbocycles. The highest BCUT2D eigenvalue weighted by Crippen LogP contribution is 2.12. The number of hydrogen-bond donors (Lipinski definition) is 1. The number of ether oxygens (including phenoxy) is 2. The molecule has 29 heavy (non-hydrogen) atoms.